The highest BCUT2D eigenvalue weighted by Gasteiger charge is 2.31. The van der Waals surface area contributed by atoms with Gasteiger partial charge in [-0.05, 0) is 26.3 Å². The van der Waals surface area contributed by atoms with E-state index in [0.717, 1.165) is 18.7 Å². The van der Waals surface area contributed by atoms with Crippen LogP contribution in [0.2, 0.25) is 0 Å². The van der Waals surface area contributed by atoms with Gasteiger partial charge in [0.05, 0.1) is 6.04 Å². The monoisotopic (exact) mass is 273 g/mol. The van der Waals surface area contributed by atoms with E-state index in [1.807, 2.05) is 6.92 Å². The molecule has 1 unspecified atom stereocenters. The van der Waals surface area contributed by atoms with Gasteiger partial charge in [-0.25, -0.2) is 0 Å². The number of benzene rings is 1. The second-order valence-corrected chi connectivity index (χ2v) is 5.82. The zero-order valence-electron chi connectivity index (χ0n) is 12.0. The van der Waals surface area contributed by atoms with E-state index in [2.05, 4.69) is 58.0 Å². The van der Waals surface area contributed by atoms with Gasteiger partial charge in [-0.1, -0.05) is 23.4 Å². The van der Waals surface area contributed by atoms with E-state index in [1.165, 1.54) is 11.1 Å². The summed E-state index contributed by atoms with van der Waals surface area (Å²) in [5.74, 6) is 1.68. The number of ether oxygens (including phenoxy) is 1. The summed E-state index contributed by atoms with van der Waals surface area (Å²) in [7, 11) is 0. The summed E-state index contributed by atoms with van der Waals surface area (Å²) in [5.41, 5.74) is 2.34. The number of para-hydroxylation sites is 1. The quantitative estimate of drug-likeness (QED) is 0.887. The molecule has 106 valence electrons. The average Bonchev–Trinajstić information content (AvgIpc) is 3.01. The van der Waals surface area contributed by atoms with Gasteiger partial charge < -0.3 is 10.1 Å². The highest BCUT2D eigenvalue weighted by Crippen LogP contribution is 2.37. The van der Waals surface area contributed by atoms with Gasteiger partial charge >= 0.3 is 0 Å². The molecule has 2 N–H and O–H groups in total. The number of rotatable bonds is 4. The Hall–Kier alpha value is -1.95. The van der Waals surface area contributed by atoms with Crippen LogP contribution in [-0.4, -0.2) is 26.2 Å². The van der Waals surface area contributed by atoms with E-state index in [-0.39, 0.29) is 11.6 Å². The Morgan fingerprint density at radius 2 is 2.30 bits per heavy atom. The molecule has 6 heteroatoms. The Bertz CT molecular complexity index is 594. The fourth-order valence-electron chi connectivity index (χ4n) is 2.53. The summed E-state index contributed by atoms with van der Waals surface area (Å²) in [4.78, 5) is 0. The molecule has 6 nitrogen and oxygen atoms in total. The number of aromatic amines is 1. The lowest BCUT2D eigenvalue weighted by Crippen LogP contribution is -2.25. The zero-order chi connectivity index (χ0) is 14.2. The third-order valence-electron chi connectivity index (χ3n) is 3.52. The molecule has 1 aliphatic heterocycles. The first-order chi connectivity index (χ1) is 9.55. The van der Waals surface area contributed by atoms with Gasteiger partial charge in [-0.15, -0.1) is 10.2 Å². The predicted octanol–water partition coefficient (Wildman–Crippen LogP) is 1.76. The molecule has 0 spiro atoms. The third-order valence-corrected chi connectivity index (χ3v) is 3.52. The molecule has 2 heterocycles. The topological polar surface area (TPSA) is 75.7 Å². The van der Waals surface area contributed by atoms with E-state index in [4.69, 9.17) is 4.74 Å². The van der Waals surface area contributed by atoms with Gasteiger partial charge in [0.2, 0.25) is 0 Å². The van der Waals surface area contributed by atoms with Gasteiger partial charge in [0.25, 0.3) is 0 Å². The zero-order valence-corrected chi connectivity index (χ0v) is 12.0. The van der Waals surface area contributed by atoms with Crippen molar-refractivity contribution in [2.75, 3.05) is 0 Å². The molecule has 0 amide bonds. The highest BCUT2D eigenvalue weighted by atomic mass is 16.5. The van der Waals surface area contributed by atoms with Crippen molar-refractivity contribution < 1.29 is 4.74 Å². The van der Waals surface area contributed by atoms with Crippen LogP contribution >= 0.6 is 0 Å². The van der Waals surface area contributed by atoms with Crippen LogP contribution in [0.4, 0.5) is 0 Å². The first-order valence-corrected chi connectivity index (χ1v) is 6.82. The predicted molar refractivity (Wildman–Crippen MR) is 74.3 cm³/mol. The molecule has 2 aromatic rings. The van der Waals surface area contributed by atoms with Crippen molar-refractivity contribution in [3.05, 3.63) is 35.2 Å². The van der Waals surface area contributed by atoms with E-state index < -0.39 is 0 Å². The first kappa shape index (κ1) is 13.1. The third kappa shape index (κ3) is 2.51. The molecule has 1 aliphatic rings. The molecule has 0 fully saturated rings. The summed E-state index contributed by atoms with van der Waals surface area (Å²) < 4.78 is 6.06. The molecule has 1 atom stereocenters. The van der Waals surface area contributed by atoms with E-state index >= 15 is 0 Å². The largest absolute Gasteiger partial charge is 0.487 e. The minimum atomic E-state index is -0.113. The van der Waals surface area contributed by atoms with Gasteiger partial charge in [-0.2, -0.15) is 5.21 Å². The summed E-state index contributed by atoms with van der Waals surface area (Å²) in [6.07, 6.45) is 0.955. The molecule has 1 aromatic carbocycles. The summed E-state index contributed by atoms with van der Waals surface area (Å²) in [6, 6.07) is 6.35. The fourth-order valence-corrected chi connectivity index (χ4v) is 2.53. The van der Waals surface area contributed by atoms with E-state index in [9.17, 15) is 0 Å². The first-order valence-electron chi connectivity index (χ1n) is 6.82. The molecular weight excluding hydrogens is 254 g/mol. The van der Waals surface area contributed by atoms with Gasteiger partial charge in [0, 0.05) is 18.5 Å². The van der Waals surface area contributed by atoms with Crippen LogP contribution in [0.5, 0.6) is 5.75 Å². The smallest absolute Gasteiger partial charge is 0.191 e. The highest BCUT2D eigenvalue weighted by molar-refractivity contribution is 5.45. The SMILES string of the molecule is CC(NCc1cccc2c1OC(C)(C)C2)c1nn[nH]n1. The average molecular weight is 273 g/mol. The number of nitrogens with zero attached hydrogens (tertiary/aromatic N) is 3. The van der Waals surface area contributed by atoms with Crippen molar-refractivity contribution in [1.82, 2.24) is 25.9 Å². The Morgan fingerprint density at radius 3 is 3.05 bits per heavy atom. The van der Waals surface area contributed by atoms with Crippen LogP contribution in [0.1, 0.15) is 43.8 Å². The van der Waals surface area contributed by atoms with E-state index in [1.54, 1.807) is 0 Å². The second-order valence-electron chi connectivity index (χ2n) is 5.82. The van der Waals surface area contributed by atoms with Crippen molar-refractivity contribution >= 4 is 0 Å². The number of fused-ring (bicyclic) bond motifs is 1. The minimum absolute atomic E-state index is 0.0408. The lowest BCUT2D eigenvalue weighted by Gasteiger charge is -2.18. The normalized spacial score (nSPS) is 17.6. The summed E-state index contributed by atoms with van der Waals surface area (Å²) in [6.45, 7) is 6.96. The molecule has 1 aromatic heterocycles. The van der Waals surface area contributed by atoms with Crippen molar-refractivity contribution in [3.63, 3.8) is 0 Å². The standard InChI is InChI=1S/C14H19N5O/c1-9(13-16-18-19-17-13)15-8-11-6-4-5-10-7-14(2,3)20-12(10)11/h4-6,9,15H,7-8H2,1-3H3,(H,16,17,18,19). The second kappa shape index (κ2) is 4.86. The van der Waals surface area contributed by atoms with Crippen LogP contribution in [0.3, 0.4) is 0 Å². The van der Waals surface area contributed by atoms with Crippen LogP contribution in [-0.2, 0) is 13.0 Å². The van der Waals surface area contributed by atoms with Crippen LogP contribution in [0.15, 0.2) is 18.2 Å². The van der Waals surface area contributed by atoms with Crippen LogP contribution in [0, 0.1) is 0 Å². The number of aromatic nitrogens is 4. The molecule has 0 bridgehead atoms. The Labute approximate surface area is 117 Å². The maximum atomic E-state index is 6.06. The minimum Gasteiger partial charge on any atom is -0.487 e. The van der Waals surface area contributed by atoms with Crippen molar-refractivity contribution in [2.45, 2.75) is 45.4 Å². The Morgan fingerprint density at radius 1 is 1.45 bits per heavy atom. The lowest BCUT2D eigenvalue weighted by molar-refractivity contribution is 0.137. The molecule has 3 rings (SSSR count). The Kier molecular flexibility index (Phi) is 3.17. The number of hydrogen-bond acceptors (Lipinski definition) is 5. The lowest BCUT2D eigenvalue weighted by atomic mass is 10.0. The van der Waals surface area contributed by atoms with Gasteiger partial charge in [0.1, 0.15) is 11.4 Å². The van der Waals surface area contributed by atoms with Crippen molar-refractivity contribution in [3.8, 4) is 5.75 Å². The Balaban J connectivity index is 1.72. The maximum Gasteiger partial charge on any atom is 0.191 e. The molecule has 0 saturated heterocycles. The van der Waals surface area contributed by atoms with Crippen LogP contribution < -0.4 is 10.1 Å². The fraction of sp³-hybridized carbons (Fsp3) is 0.500. The molecule has 0 saturated carbocycles. The van der Waals surface area contributed by atoms with Gasteiger partial charge in [-0.3, -0.25) is 0 Å². The maximum absolute atomic E-state index is 6.06. The molecule has 20 heavy (non-hydrogen) atoms. The number of H-pyrrole nitrogens is 1. The van der Waals surface area contributed by atoms with Gasteiger partial charge in [0.15, 0.2) is 5.82 Å². The number of hydrogen-bond donors (Lipinski definition) is 2. The molecule has 0 radical (unpaired) electrons. The summed E-state index contributed by atoms with van der Waals surface area (Å²) in [5, 5.41) is 17.4. The van der Waals surface area contributed by atoms with Crippen molar-refractivity contribution in [2.24, 2.45) is 0 Å². The number of tetrazole rings is 1. The number of nitrogens with one attached hydrogen (secondary N) is 2. The molecular formula is C14H19N5O. The summed E-state index contributed by atoms with van der Waals surface area (Å²) >= 11 is 0. The van der Waals surface area contributed by atoms with Crippen molar-refractivity contribution in [1.29, 1.82) is 0 Å². The van der Waals surface area contributed by atoms with Crippen LogP contribution in [0.25, 0.3) is 0 Å². The molecule has 0 aliphatic carbocycles. The van der Waals surface area contributed by atoms with E-state index in [0.29, 0.717) is 5.82 Å².